The molecular weight excluding hydrogens is 300 g/mol. The Kier molecular flexibility index (Phi) is 4.39. The van der Waals surface area contributed by atoms with Gasteiger partial charge in [0.2, 0.25) is 0 Å². The van der Waals surface area contributed by atoms with Crippen molar-refractivity contribution >= 4 is 11.7 Å². The molecule has 0 saturated heterocycles. The third-order valence-corrected chi connectivity index (χ3v) is 2.87. The number of methoxy groups -OCH3 is 1. The highest BCUT2D eigenvalue weighted by molar-refractivity contribution is 5.90. The number of carbonyl (C=O) groups excluding carboxylic acids is 1. The predicted octanol–water partition coefficient (Wildman–Crippen LogP) is 0.717. The maximum absolute atomic E-state index is 13.2. The number of urea groups is 1. The van der Waals surface area contributed by atoms with Crippen molar-refractivity contribution in [2.45, 2.75) is 6.54 Å². The zero-order valence-corrected chi connectivity index (χ0v) is 11.7. The van der Waals surface area contributed by atoms with Gasteiger partial charge >= 0.3 is 11.7 Å². The van der Waals surface area contributed by atoms with Crippen molar-refractivity contribution in [3.8, 4) is 5.75 Å². The van der Waals surface area contributed by atoms with Crippen molar-refractivity contribution in [1.29, 1.82) is 0 Å². The number of rotatable bonds is 4. The lowest BCUT2D eigenvalue weighted by Gasteiger charge is -2.11. The largest absolute Gasteiger partial charge is 0.494 e. The summed E-state index contributed by atoms with van der Waals surface area (Å²) in [7, 11) is 2.74. The summed E-state index contributed by atoms with van der Waals surface area (Å²) in [5.74, 6) is -1.93. The summed E-state index contributed by atoms with van der Waals surface area (Å²) < 4.78 is 32.3. The molecule has 0 fully saturated rings. The van der Waals surface area contributed by atoms with Crippen LogP contribution in [0.5, 0.6) is 5.75 Å². The van der Waals surface area contributed by atoms with E-state index in [0.29, 0.717) is 5.82 Å². The second-order valence-electron chi connectivity index (χ2n) is 4.28. The minimum Gasteiger partial charge on any atom is -0.494 e. The maximum Gasteiger partial charge on any atom is 0.343 e. The normalized spacial score (nSPS) is 10.4. The fraction of sp³-hybridized carbons (Fsp3) is 0.250. The summed E-state index contributed by atoms with van der Waals surface area (Å²) in [6.45, 7) is -0.0347. The van der Waals surface area contributed by atoms with Crippen LogP contribution in [0.4, 0.5) is 19.3 Å². The van der Waals surface area contributed by atoms with E-state index in [-0.39, 0.29) is 18.0 Å². The second kappa shape index (κ2) is 6.24. The van der Waals surface area contributed by atoms with Crippen LogP contribution >= 0.6 is 0 Å². The Labute approximate surface area is 123 Å². The molecule has 1 heterocycles. The van der Waals surface area contributed by atoms with Gasteiger partial charge in [0.25, 0.3) is 0 Å². The van der Waals surface area contributed by atoms with E-state index in [4.69, 9.17) is 4.74 Å². The quantitative estimate of drug-likeness (QED) is 0.774. The monoisotopic (exact) mass is 313 g/mol. The van der Waals surface area contributed by atoms with Crippen LogP contribution in [0.25, 0.3) is 0 Å². The first-order chi connectivity index (χ1) is 10.4. The number of H-pyrrole nitrogens is 1. The van der Waals surface area contributed by atoms with Gasteiger partial charge in [0.05, 0.1) is 19.3 Å². The Morgan fingerprint density at radius 3 is 2.68 bits per heavy atom. The molecule has 0 atom stereocenters. The lowest BCUT2D eigenvalue weighted by atomic mass is 10.2. The minimum atomic E-state index is -1.12. The van der Waals surface area contributed by atoms with E-state index >= 15 is 0 Å². The zero-order chi connectivity index (χ0) is 16.3. The Bertz CT molecular complexity index is 756. The van der Waals surface area contributed by atoms with Gasteiger partial charge < -0.3 is 15.4 Å². The van der Waals surface area contributed by atoms with Crippen molar-refractivity contribution < 1.29 is 18.3 Å². The molecule has 0 saturated carbocycles. The highest BCUT2D eigenvalue weighted by atomic mass is 19.2. The lowest BCUT2D eigenvalue weighted by molar-refractivity contribution is 0.251. The lowest BCUT2D eigenvalue weighted by Crippen LogP contribution is -2.30. The number of aromatic amines is 1. The number of anilines is 1. The van der Waals surface area contributed by atoms with Crippen LogP contribution in [0.1, 0.15) is 5.82 Å². The molecule has 0 aliphatic carbocycles. The molecule has 8 nitrogen and oxygen atoms in total. The van der Waals surface area contributed by atoms with Gasteiger partial charge in [-0.1, -0.05) is 0 Å². The van der Waals surface area contributed by atoms with Gasteiger partial charge in [-0.2, -0.15) is 5.10 Å². The minimum absolute atomic E-state index is 0.0266. The third kappa shape index (κ3) is 3.22. The number of nitrogens with zero attached hydrogens (tertiary/aromatic N) is 2. The average Bonchev–Trinajstić information content (AvgIpc) is 2.80. The summed E-state index contributed by atoms with van der Waals surface area (Å²) in [5.41, 5.74) is -0.450. The van der Waals surface area contributed by atoms with Crippen LogP contribution < -0.4 is 21.1 Å². The van der Waals surface area contributed by atoms with Crippen LogP contribution in [-0.2, 0) is 13.6 Å². The van der Waals surface area contributed by atoms with E-state index in [2.05, 4.69) is 20.8 Å². The average molecular weight is 313 g/mol. The van der Waals surface area contributed by atoms with Crippen molar-refractivity contribution in [3.63, 3.8) is 0 Å². The molecule has 2 amide bonds. The standard InChI is InChI=1S/C12H13F2N5O3/c1-19-10(17-18-12(19)21)5-15-11(20)16-8-3-6(13)7(14)4-9(8)22-2/h3-4H,5H2,1-2H3,(H,18,21)(H2,15,16,20). The fourth-order valence-corrected chi connectivity index (χ4v) is 1.66. The molecule has 0 aliphatic heterocycles. The Balaban J connectivity index is 2.04. The summed E-state index contributed by atoms with van der Waals surface area (Å²) in [4.78, 5) is 22.9. The van der Waals surface area contributed by atoms with Crippen LogP contribution in [-0.4, -0.2) is 27.9 Å². The van der Waals surface area contributed by atoms with Crippen molar-refractivity contribution in [2.75, 3.05) is 12.4 Å². The molecule has 0 aliphatic rings. The van der Waals surface area contributed by atoms with E-state index in [1.165, 1.54) is 18.7 Å². The van der Waals surface area contributed by atoms with Crippen molar-refractivity contribution in [3.05, 3.63) is 40.1 Å². The van der Waals surface area contributed by atoms with Gasteiger partial charge in [-0.3, -0.25) is 4.57 Å². The van der Waals surface area contributed by atoms with E-state index < -0.39 is 23.4 Å². The van der Waals surface area contributed by atoms with Crippen LogP contribution in [0.3, 0.4) is 0 Å². The molecule has 118 valence electrons. The number of amides is 2. The molecule has 2 rings (SSSR count). The van der Waals surface area contributed by atoms with Crippen LogP contribution in [0, 0.1) is 11.6 Å². The molecule has 0 bridgehead atoms. The Hall–Kier alpha value is -2.91. The first kappa shape index (κ1) is 15.5. The summed E-state index contributed by atoms with van der Waals surface area (Å²) in [5, 5.41) is 10.7. The molecule has 0 radical (unpaired) electrons. The zero-order valence-electron chi connectivity index (χ0n) is 11.7. The highest BCUT2D eigenvalue weighted by Crippen LogP contribution is 2.26. The smallest absolute Gasteiger partial charge is 0.343 e. The third-order valence-electron chi connectivity index (χ3n) is 2.87. The number of carbonyl (C=O) groups is 1. The molecule has 3 N–H and O–H groups in total. The molecular formula is C12H13F2N5O3. The number of ether oxygens (including phenoxy) is 1. The first-order valence-corrected chi connectivity index (χ1v) is 6.10. The van der Waals surface area contributed by atoms with Gasteiger partial charge in [0.15, 0.2) is 17.5 Å². The van der Waals surface area contributed by atoms with E-state index in [1.807, 2.05) is 0 Å². The van der Waals surface area contributed by atoms with E-state index in [9.17, 15) is 18.4 Å². The van der Waals surface area contributed by atoms with Gasteiger partial charge in [0.1, 0.15) is 5.75 Å². The fourth-order valence-electron chi connectivity index (χ4n) is 1.66. The van der Waals surface area contributed by atoms with Gasteiger partial charge in [-0.15, -0.1) is 0 Å². The van der Waals surface area contributed by atoms with E-state index in [0.717, 1.165) is 12.1 Å². The van der Waals surface area contributed by atoms with E-state index in [1.54, 1.807) is 0 Å². The number of nitrogens with one attached hydrogen (secondary N) is 3. The summed E-state index contributed by atoms with van der Waals surface area (Å²) in [6, 6.07) is 0.931. The Morgan fingerprint density at radius 1 is 1.41 bits per heavy atom. The number of halogens is 2. The topological polar surface area (TPSA) is 101 Å². The summed E-state index contributed by atoms with van der Waals surface area (Å²) >= 11 is 0. The summed E-state index contributed by atoms with van der Waals surface area (Å²) in [6.07, 6.45) is 0. The van der Waals surface area contributed by atoms with Gasteiger partial charge in [-0.05, 0) is 0 Å². The first-order valence-electron chi connectivity index (χ1n) is 6.10. The SMILES string of the molecule is COc1cc(F)c(F)cc1NC(=O)NCc1n[nH]c(=O)n1C. The van der Waals surface area contributed by atoms with Crippen LogP contribution in [0.2, 0.25) is 0 Å². The highest BCUT2D eigenvalue weighted by Gasteiger charge is 2.13. The molecule has 10 heteroatoms. The molecule has 1 aromatic heterocycles. The van der Waals surface area contributed by atoms with Gasteiger partial charge in [0, 0.05) is 19.2 Å². The van der Waals surface area contributed by atoms with Gasteiger partial charge in [-0.25, -0.2) is 23.5 Å². The second-order valence-corrected chi connectivity index (χ2v) is 4.28. The molecule has 22 heavy (non-hydrogen) atoms. The van der Waals surface area contributed by atoms with Crippen LogP contribution in [0.15, 0.2) is 16.9 Å². The molecule has 1 aromatic carbocycles. The molecule has 0 spiro atoms. The predicted molar refractivity (Wildman–Crippen MR) is 72.6 cm³/mol. The molecule has 0 unspecified atom stereocenters. The van der Waals surface area contributed by atoms with Crippen molar-refractivity contribution in [2.24, 2.45) is 7.05 Å². The number of hydrogen-bond acceptors (Lipinski definition) is 4. The molecule has 2 aromatic rings. The number of aromatic nitrogens is 3. The number of benzene rings is 1. The van der Waals surface area contributed by atoms with Crippen molar-refractivity contribution in [1.82, 2.24) is 20.1 Å². The Morgan fingerprint density at radius 2 is 2.09 bits per heavy atom. The number of hydrogen-bond donors (Lipinski definition) is 3. The maximum atomic E-state index is 13.2.